The molecule has 2 aliphatic heterocycles. The Hall–Kier alpha value is -3.05. The van der Waals surface area contributed by atoms with Gasteiger partial charge in [-0.3, -0.25) is 18.9 Å². The van der Waals surface area contributed by atoms with E-state index in [4.69, 9.17) is 4.74 Å². The molecule has 6 rings (SSSR count). The van der Waals surface area contributed by atoms with E-state index in [1.165, 1.54) is 22.7 Å². The normalized spacial score (nSPS) is 19.5. The van der Waals surface area contributed by atoms with Crippen molar-refractivity contribution in [2.45, 2.75) is 13.0 Å². The van der Waals surface area contributed by atoms with E-state index >= 15 is 0 Å². The van der Waals surface area contributed by atoms with Gasteiger partial charge in [0.25, 0.3) is 5.91 Å². The zero-order valence-corrected chi connectivity index (χ0v) is 20.8. The van der Waals surface area contributed by atoms with Crippen LogP contribution >= 0.6 is 22.7 Å². The standard InChI is InChI=1S/C25H24N4O4S2/c1-15-23(35-25-26-16-5-2-3-6-17(16)29(15)25)21(30)19-20(18-7-4-14-34-18)28(24(32)22(19)31)9-8-27-10-12-33-13-11-27/h2-7,14,20,31H,8-13H2,1H3/t20-/m1/s1. The minimum Gasteiger partial charge on any atom is -0.503 e. The SMILES string of the molecule is Cc1c(C(=O)C2=C(O)C(=O)N(CCN3CCOCC3)[C@@H]2c2cccs2)sc2nc3ccccc3n12. The smallest absolute Gasteiger partial charge is 0.290 e. The molecule has 1 N–H and O–H groups in total. The lowest BCUT2D eigenvalue weighted by Gasteiger charge is -2.31. The van der Waals surface area contributed by atoms with Crippen LogP contribution in [0.1, 0.15) is 26.3 Å². The molecule has 1 atom stereocenters. The molecular weight excluding hydrogens is 484 g/mol. The third-order valence-corrected chi connectivity index (χ3v) is 8.78. The van der Waals surface area contributed by atoms with E-state index in [2.05, 4.69) is 9.88 Å². The van der Waals surface area contributed by atoms with Crippen molar-refractivity contribution >= 4 is 50.4 Å². The van der Waals surface area contributed by atoms with Crippen LogP contribution in [0.5, 0.6) is 0 Å². The fourth-order valence-corrected chi connectivity index (χ4v) is 6.87. The number of aromatic nitrogens is 2. The molecule has 5 heterocycles. The van der Waals surface area contributed by atoms with E-state index in [0.29, 0.717) is 36.1 Å². The number of aliphatic hydroxyl groups excluding tert-OH is 1. The van der Waals surface area contributed by atoms with Gasteiger partial charge in [0.05, 0.1) is 40.7 Å². The second-order valence-electron chi connectivity index (χ2n) is 8.70. The van der Waals surface area contributed by atoms with Crippen molar-refractivity contribution in [1.82, 2.24) is 19.2 Å². The zero-order chi connectivity index (χ0) is 24.1. The summed E-state index contributed by atoms with van der Waals surface area (Å²) in [5.74, 6) is -1.27. The molecule has 0 radical (unpaired) electrons. The minimum absolute atomic E-state index is 0.149. The van der Waals surface area contributed by atoms with Crippen molar-refractivity contribution < 1.29 is 19.4 Å². The lowest BCUT2D eigenvalue weighted by atomic mass is 10.00. The monoisotopic (exact) mass is 508 g/mol. The van der Waals surface area contributed by atoms with Crippen molar-refractivity contribution in [1.29, 1.82) is 0 Å². The van der Waals surface area contributed by atoms with Gasteiger partial charge in [-0.2, -0.15) is 0 Å². The van der Waals surface area contributed by atoms with Crippen molar-refractivity contribution in [3.8, 4) is 0 Å². The van der Waals surface area contributed by atoms with Crippen LogP contribution in [0.2, 0.25) is 0 Å². The Morgan fingerprint density at radius 3 is 2.74 bits per heavy atom. The van der Waals surface area contributed by atoms with Gasteiger partial charge in [-0.05, 0) is 30.5 Å². The summed E-state index contributed by atoms with van der Waals surface area (Å²) >= 11 is 2.77. The number of thiazole rings is 1. The zero-order valence-electron chi connectivity index (χ0n) is 19.1. The number of morpholine rings is 1. The summed E-state index contributed by atoms with van der Waals surface area (Å²) < 4.78 is 7.39. The van der Waals surface area contributed by atoms with Crippen LogP contribution < -0.4 is 0 Å². The van der Waals surface area contributed by atoms with E-state index in [9.17, 15) is 14.7 Å². The number of Topliss-reactive ketones (excluding diaryl/α,β-unsaturated/α-hetero) is 1. The first kappa shape index (κ1) is 22.4. The molecule has 3 aromatic heterocycles. The number of imidazole rings is 1. The first-order chi connectivity index (χ1) is 17.0. The Kier molecular flexibility index (Phi) is 5.68. The number of hydrogen-bond donors (Lipinski definition) is 1. The number of ketones is 1. The van der Waals surface area contributed by atoms with Gasteiger partial charge in [0.2, 0.25) is 5.78 Å². The maximum atomic E-state index is 13.9. The summed E-state index contributed by atoms with van der Waals surface area (Å²) in [5, 5.41) is 12.9. The van der Waals surface area contributed by atoms with Crippen molar-refractivity contribution in [3.05, 3.63) is 68.6 Å². The van der Waals surface area contributed by atoms with Crippen LogP contribution in [0.15, 0.2) is 53.1 Å². The summed E-state index contributed by atoms with van der Waals surface area (Å²) in [6, 6.07) is 11.0. The molecule has 0 spiro atoms. The molecule has 35 heavy (non-hydrogen) atoms. The highest BCUT2D eigenvalue weighted by Crippen LogP contribution is 2.42. The molecule has 0 aliphatic carbocycles. The number of carbonyl (C=O) groups is 2. The quantitative estimate of drug-likeness (QED) is 0.399. The number of ether oxygens (including phenoxy) is 1. The summed E-state index contributed by atoms with van der Waals surface area (Å²) in [4.78, 5) is 37.8. The molecule has 0 bridgehead atoms. The number of para-hydroxylation sites is 2. The third-order valence-electron chi connectivity index (χ3n) is 6.72. The van der Waals surface area contributed by atoms with Crippen molar-refractivity contribution in [2.75, 3.05) is 39.4 Å². The summed E-state index contributed by atoms with van der Waals surface area (Å²) in [6.07, 6.45) is 0. The van der Waals surface area contributed by atoms with Crippen LogP contribution in [-0.2, 0) is 9.53 Å². The van der Waals surface area contributed by atoms with E-state index in [-0.39, 0.29) is 11.4 Å². The molecule has 1 amide bonds. The van der Waals surface area contributed by atoms with Gasteiger partial charge in [0.1, 0.15) is 0 Å². The van der Waals surface area contributed by atoms with Crippen LogP contribution in [0.4, 0.5) is 0 Å². The molecule has 1 fully saturated rings. The third kappa shape index (κ3) is 3.68. The fraction of sp³-hybridized carbons (Fsp3) is 0.320. The Labute approximate surface area is 209 Å². The number of fused-ring (bicyclic) bond motifs is 3. The lowest BCUT2D eigenvalue weighted by Crippen LogP contribution is -2.43. The average molecular weight is 509 g/mol. The number of amides is 1. The molecule has 1 saturated heterocycles. The van der Waals surface area contributed by atoms with Gasteiger partial charge in [0, 0.05) is 36.8 Å². The van der Waals surface area contributed by atoms with Gasteiger partial charge in [-0.25, -0.2) is 4.98 Å². The molecular formula is C25H24N4O4S2. The number of carbonyl (C=O) groups excluding carboxylic acids is 2. The number of aryl methyl sites for hydroxylation is 1. The second-order valence-corrected chi connectivity index (χ2v) is 10.7. The van der Waals surface area contributed by atoms with E-state index in [0.717, 1.165) is 34.7 Å². The fourth-order valence-electron chi connectivity index (χ4n) is 4.93. The maximum Gasteiger partial charge on any atom is 0.290 e. The second kappa shape index (κ2) is 8.87. The number of hydrogen-bond acceptors (Lipinski definition) is 8. The first-order valence-corrected chi connectivity index (χ1v) is 13.2. The highest BCUT2D eigenvalue weighted by molar-refractivity contribution is 7.19. The van der Waals surface area contributed by atoms with E-state index in [1.807, 2.05) is 53.1 Å². The molecule has 8 nitrogen and oxygen atoms in total. The van der Waals surface area contributed by atoms with Gasteiger partial charge in [-0.1, -0.05) is 29.5 Å². The molecule has 2 aliphatic rings. The topological polar surface area (TPSA) is 87.4 Å². The Balaban J connectivity index is 1.37. The van der Waals surface area contributed by atoms with Gasteiger partial charge < -0.3 is 14.7 Å². The molecule has 1 aromatic carbocycles. The molecule has 180 valence electrons. The highest BCUT2D eigenvalue weighted by atomic mass is 32.1. The Morgan fingerprint density at radius 2 is 1.97 bits per heavy atom. The van der Waals surface area contributed by atoms with Crippen molar-refractivity contribution in [3.63, 3.8) is 0 Å². The predicted molar refractivity (Wildman–Crippen MR) is 135 cm³/mol. The molecule has 0 saturated carbocycles. The Bertz CT molecular complexity index is 1460. The van der Waals surface area contributed by atoms with Gasteiger partial charge in [0.15, 0.2) is 10.7 Å². The maximum absolute atomic E-state index is 13.9. The molecule has 0 unspecified atom stereocenters. The first-order valence-electron chi connectivity index (χ1n) is 11.5. The highest BCUT2D eigenvalue weighted by Gasteiger charge is 2.45. The lowest BCUT2D eigenvalue weighted by molar-refractivity contribution is -0.129. The summed E-state index contributed by atoms with van der Waals surface area (Å²) in [6.45, 7) is 5.91. The van der Waals surface area contributed by atoms with Crippen LogP contribution in [0.25, 0.3) is 16.0 Å². The molecule has 4 aromatic rings. The molecule has 10 heteroatoms. The minimum atomic E-state index is -0.610. The number of nitrogens with zero attached hydrogens (tertiary/aromatic N) is 4. The number of rotatable bonds is 6. The number of thiophene rings is 1. The van der Waals surface area contributed by atoms with E-state index in [1.54, 1.807) is 4.90 Å². The predicted octanol–water partition coefficient (Wildman–Crippen LogP) is 3.83. The van der Waals surface area contributed by atoms with Gasteiger partial charge in [-0.15, -0.1) is 11.3 Å². The number of benzene rings is 1. The Morgan fingerprint density at radius 1 is 1.17 bits per heavy atom. The van der Waals surface area contributed by atoms with Crippen LogP contribution in [-0.4, -0.2) is 75.4 Å². The summed E-state index contributed by atoms with van der Waals surface area (Å²) in [5.41, 5.74) is 2.70. The largest absolute Gasteiger partial charge is 0.503 e. The number of aliphatic hydroxyl groups is 1. The average Bonchev–Trinajstić information content (AvgIpc) is 3.64. The van der Waals surface area contributed by atoms with Crippen molar-refractivity contribution in [2.24, 2.45) is 0 Å². The van der Waals surface area contributed by atoms with E-state index < -0.39 is 17.7 Å². The van der Waals surface area contributed by atoms with Crippen LogP contribution in [0, 0.1) is 6.92 Å². The summed E-state index contributed by atoms with van der Waals surface area (Å²) in [7, 11) is 0. The van der Waals surface area contributed by atoms with Gasteiger partial charge >= 0.3 is 0 Å². The van der Waals surface area contributed by atoms with Crippen LogP contribution in [0.3, 0.4) is 0 Å².